The number of ether oxygens (including phenoxy) is 1. The number of carboxylic acid groups (broad SMARTS) is 1. The van der Waals surface area contributed by atoms with E-state index in [1.807, 2.05) is 0 Å². The van der Waals surface area contributed by atoms with Gasteiger partial charge in [0.2, 0.25) is 5.91 Å². The summed E-state index contributed by atoms with van der Waals surface area (Å²) in [5.74, 6) is -3.29. The maximum absolute atomic E-state index is 12.4. The highest BCUT2D eigenvalue weighted by molar-refractivity contribution is 6.23. The molecule has 2 atom stereocenters. The van der Waals surface area contributed by atoms with E-state index in [0.29, 0.717) is 0 Å². The SMILES string of the molecule is CC(C)[C@H](NC(=O)OC(C)(C)C)C(=O)O.O=C1CCC(N2C(=O)c3ccccc3C2=O)C(=O)N1CCO. The molecule has 2 heterocycles. The van der Waals surface area contributed by atoms with Crippen LogP contribution in [0.15, 0.2) is 24.3 Å². The van der Waals surface area contributed by atoms with E-state index in [2.05, 4.69) is 5.32 Å². The molecule has 202 valence electrons. The number of likely N-dealkylation sites (tertiary alicyclic amines) is 1. The lowest BCUT2D eigenvalue weighted by Crippen LogP contribution is -2.56. The molecule has 0 radical (unpaired) electrons. The lowest BCUT2D eigenvalue weighted by molar-refractivity contribution is -0.152. The first-order chi connectivity index (χ1) is 17.2. The largest absolute Gasteiger partial charge is 0.480 e. The molecule has 1 aromatic rings. The van der Waals surface area contributed by atoms with E-state index in [1.54, 1.807) is 58.9 Å². The van der Waals surface area contributed by atoms with Crippen molar-refractivity contribution in [1.29, 1.82) is 0 Å². The molecule has 12 nitrogen and oxygen atoms in total. The number of nitrogens with zero attached hydrogens (tertiary/aromatic N) is 2. The van der Waals surface area contributed by atoms with Crippen molar-refractivity contribution in [3.8, 4) is 0 Å². The van der Waals surface area contributed by atoms with Gasteiger partial charge >= 0.3 is 12.1 Å². The van der Waals surface area contributed by atoms with Gasteiger partial charge in [-0.2, -0.15) is 0 Å². The molecule has 0 bridgehead atoms. The van der Waals surface area contributed by atoms with Crippen molar-refractivity contribution in [2.75, 3.05) is 13.2 Å². The molecular formula is C25H33N3O9. The van der Waals surface area contributed by atoms with Crippen LogP contribution in [0.25, 0.3) is 0 Å². The van der Waals surface area contributed by atoms with Crippen LogP contribution < -0.4 is 5.32 Å². The zero-order valence-corrected chi connectivity index (χ0v) is 21.5. The fourth-order valence-electron chi connectivity index (χ4n) is 3.83. The number of hydrogen-bond donors (Lipinski definition) is 3. The molecule has 0 aliphatic carbocycles. The predicted octanol–water partition coefficient (Wildman–Crippen LogP) is 1.41. The Bertz CT molecular complexity index is 1040. The van der Waals surface area contributed by atoms with Crippen molar-refractivity contribution in [1.82, 2.24) is 15.1 Å². The fraction of sp³-hybridized carbons (Fsp3) is 0.520. The minimum Gasteiger partial charge on any atom is -0.480 e. The van der Waals surface area contributed by atoms with Crippen LogP contribution in [0.1, 0.15) is 68.2 Å². The number of carbonyl (C=O) groups excluding carboxylic acids is 5. The van der Waals surface area contributed by atoms with Crippen LogP contribution in [0.4, 0.5) is 4.79 Å². The second kappa shape index (κ2) is 12.0. The molecule has 2 aliphatic rings. The molecule has 2 aliphatic heterocycles. The van der Waals surface area contributed by atoms with Crippen LogP contribution in [0, 0.1) is 5.92 Å². The normalized spacial score (nSPS) is 18.3. The number of carbonyl (C=O) groups is 6. The minimum absolute atomic E-state index is 0.0593. The van der Waals surface area contributed by atoms with Crippen molar-refractivity contribution in [2.24, 2.45) is 5.92 Å². The molecule has 0 aromatic heterocycles. The molecule has 37 heavy (non-hydrogen) atoms. The van der Waals surface area contributed by atoms with Gasteiger partial charge in [-0.05, 0) is 45.2 Å². The predicted molar refractivity (Wildman–Crippen MR) is 129 cm³/mol. The summed E-state index contributed by atoms with van der Waals surface area (Å²) in [6, 6.07) is 4.48. The van der Waals surface area contributed by atoms with Gasteiger partial charge in [0.25, 0.3) is 17.7 Å². The second-order valence-electron chi connectivity index (χ2n) is 9.89. The summed E-state index contributed by atoms with van der Waals surface area (Å²) < 4.78 is 4.96. The molecule has 1 saturated heterocycles. The Hall–Kier alpha value is -3.80. The monoisotopic (exact) mass is 519 g/mol. The summed E-state index contributed by atoms with van der Waals surface area (Å²) >= 11 is 0. The zero-order valence-electron chi connectivity index (χ0n) is 21.5. The van der Waals surface area contributed by atoms with Crippen LogP contribution >= 0.6 is 0 Å². The van der Waals surface area contributed by atoms with Gasteiger partial charge in [-0.1, -0.05) is 26.0 Å². The summed E-state index contributed by atoms with van der Waals surface area (Å²) in [5, 5.41) is 20.1. The fourth-order valence-corrected chi connectivity index (χ4v) is 3.83. The van der Waals surface area contributed by atoms with Gasteiger partial charge < -0.3 is 20.3 Å². The molecule has 3 rings (SSSR count). The number of alkyl carbamates (subject to hydrolysis) is 1. The van der Waals surface area contributed by atoms with Gasteiger partial charge in [0, 0.05) is 6.42 Å². The van der Waals surface area contributed by atoms with E-state index >= 15 is 0 Å². The standard InChI is InChI=1S/C15H14N2O5.C10H19NO4/c18-8-7-16-12(19)6-5-11(15(16)22)17-13(20)9-3-1-2-4-10(9)14(17)21;1-6(2)7(8(12)13)11-9(14)15-10(3,4)5/h1-4,11,18H,5-8H2;6-7H,1-5H3,(H,11,14)(H,12,13)/t;7-/m.0/s1. The lowest BCUT2D eigenvalue weighted by Gasteiger charge is -2.34. The Morgan fingerprint density at radius 1 is 1.08 bits per heavy atom. The summed E-state index contributed by atoms with van der Waals surface area (Å²) in [7, 11) is 0. The van der Waals surface area contributed by atoms with E-state index in [0.717, 1.165) is 9.80 Å². The molecule has 0 saturated carbocycles. The quantitative estimate of drug-likeness (QED) is 0.470. The van der Waals surface area contributed by atoms with E-state index in [1.165, 1.54) is 0 Å². The Labute approximate surface area is 214 Å². The summed E-state index contributed by atoms with van der Waals surface area (Å²) in [4.78, 5) is 72.8. The van der Waals surface area contributed by atoms with Crippen molar-refractivity contribution >= 4 is 35.7 Å². The number of benzene rings is 1. The Morgan fingerprint density at radius 3 is 2.05 bits per heavy atom. The van der Waals surface area contributed by atoms with Gasteiger partial charge in [-0.3, -0.25) is 29.0 Å². The molecule has 0 spiro atoms. The number of amides is 5. The van der Waals surface area contributed by atoms with E-state index < -0.39 is 53.4 Å². The number of aliphatic hydroxyl groups is 1. The van der Waals surface area contributed by atoms with Gasteiger partial charge in [-0.15, -0.1) is 0 Å². The highest BCUT2D eigenvalue weighted by Gasteiger charge is 2.46. The summed E-state index contributed by atoms with van der Waals surface area (Å²) in [6.45, 7) is 8.11. The molecule has 1 fully saturated rings. The Morgan fingerprint density at radius 2 is 1.62 bits per heavy atom. The number of fused-ring (bicyclic) bond motifs is 1. The second-order valence-corrected chi connectivity index (χ2v) is 9.89. The third-order valence-electron chi connectivity index (χ3n) is 5.55. The van der Waals surface area contributed by atoms with Crippen LogP contribution in [0.2, 0.25) is 0 Å². The Balaban J connectivity index is 0.000000283. The highest BCUT2D eigenvalue weighted by Crippen LogP contribution is 2.28. The number of aliphatic carboxylic acids is 1. The molecular weight excluding hydrogens is 486 g/mol. The van der Waals surface area contributed by atoms with Gasteiger partial charge in [0.05, 0.1) is 24.3 Å². The average Bonchev–Trinajstić information content (AvgIpc) is 3.04. The number of carboxylic acids is 1. The van der Waals surface area contributed by atoms with E-state index in [4.69, 9.17) is 14.9 Å². The zero-order chi connectivity index (χ0) is 28.1. The number of hydrogen-bond acceptors (Lipinski definition) is 8. The number of β-amino-alcohol motifs (C(OH)–C–C–N with tert-alkyl or cyclic N) is 1. The van der Waals surface area contributed by atoms with Crippen molar-refractivity contribution < 1.29 is 43.7 Å². The Kier molecular flexibility index (Phi) is 9.51. The molecule has 1 aromatic carbocycles. The van der Waals surface area contributed by atoms with Crippen LogP contribution in [-0.4, -0.2) is 86.5 Å². The number of aliphatic hydroxyl groups excluding tert-OH is 1. The lowest BCUT2D eigenvalue weighted by atomic mass is 10.0. The van der Waals surface area contributed by atoms with E-state index in [9.17, 15) is 28.8 Å². The van der Waals surface area contributed by atoms with Gasteiger partial charge in [0.1, 0.15) is 17.7 Å². The third-order valence-corrected chi connectivity index (χ3v) is 5.55. The number of piperidine rings is 1. The maximum atomic E-state index is 12.4. The molecule has 1 unspecified atom stereocenters. The molecule has 12 heteroatoms. The van der Waals surface area contributed by atoms with Crippen molar-refractivity contribution in [3.05, 3.63) is 35.4 Å². The minimum atomic E-state index is -1.06. The summed E-state index contributed by atoms with van der Waals surface area (Å²) in [6.07, 6.45) is -0.530. The molecule has 5 amide bonds. The first kappa shape index (κ1) is 29.4. The number of rotatable bonds is 6. The van der Waals surface area contributed by atoms with Crippen LogP contribution in [-0.2, 0) is 19.1 Å². The number of imide groups is 2. The number of nitrogens with one attached hydrogen (secondary N) is 1. The third kappa shape index (κ3) is 7.13. The van der Waals surface area contributed by atoms with Crippen LogP contribution in [0.3, 0.4) is 0 Å². The van der Waals surface area contributed by atoms with Crippen molar-refractivity contribution in [2.45, 2.75) is 65.1 Å². The van der Waals surface area contributed by atoms with Crippen molar-refractivity contribution in [3.63, 3.8) is 0 Å². The summed E-state index contributed by atoms with van der Waals surface area (Å²) in [5.41, 5.74) is -0.0822. The maximum Gasteiger partial charge on any atom is 0.408 e. The highest BCUT2D eigenvalue weighted by atomic mass is 16.6. The average molecular weight is 520 g/mol. The van der Waals surface area contributed by atoms with Crippen LogP contribution in [0.5, 0.6) is 0 Å². The van der Waals surface area contributed by atoms with E-state index in [-0.39, 0.29) is 43.0 Å². The first-order valence-electron chi connectivity index (χ1n) is 11.8. The van der Waals surface area contributed by atoms with Gasteiger partial charge in [-0.25, -0.2) is 9.59 Å². The van der Waals surface area contributed by atoms with Gasteiger partial charge in [0.15, 0.2) is 0 Å². The first-order valence-corrected chi connectivity index (χ1v) is 11.8. The molecule has 3 N–H and O–H groups in total. The topological polar surface area (TPSA) is 171 Å². The smallest absolute Gasteiger partial charge is 0.408 e.